The molecule has 1 aliphatic heterocycles. The van der Waals surface area contributed by atoms with Gasteiger partial charge >= 0.3 is 19.4 Å². The number of pyridine rings is 1. The summed E-state index contributed by atoms with van der Waals surface area (Å²) in [5, 5.41) is 0. The maximum atomic E-state index is 12.6. The minimum absolute atomic E-state index is 0.245. The second-order valence-electron chi connectivity index (χ2n) is 7.93. The predicted octanol–water partition coefficient (Wildman–Crippen LogP) is 5.62. The van der Waals surface area contributed by atoms with E-state index in [-0.39, 0.29) is 5.75 Å². The molecule has 4 rings (SSSR count). The summed E-state index contributed by atoms with van der Waals surface area (Å²) in [5.41, 5.74) is 3.42. The van der Waals surface area contributed by atoms with Crippen LogP contribution in [0.5, 0.6) is 5.75 Å². The third-order valence-electron chi connectivity index (χ3n) is 4.69. The highest BCUT2D eigenvalue weighted by Crippen LogP contribution is 2.31. The molecule has 0 aliphatic carbocycles. The van der Waals surface area contributed by atoms with Crippen LogP contribution in [0.2, 0.25) is 0 Å². The van der Waals surface area contributed by atoms with Crippen LogP contribution in [0.15, 0.2) is 36.5 Å². The van der Waals surface area contributed by atoms with E-state index in [0.717, 1.165) is 29.2 Å². The third kappa shape index (κ3) is 6.48. The van der Waals surface area contributed by atoms with Crippen LogP contribution in [0.4, 0.5) is 30.4 Å². The van der Waals surface area contributed by atoms with Crippen molar-refractivity contribution in [1.82, 2.24) is 9.66 Å². The Morgan fingerprint density at radius 1 is 1.15 bits per heavy atom. The summed E-state index contributed by atoms with van der Waals surface area (Å²) in [5.74, 6) is 1.99. The number of aromatic nitrogens is 3. The highest BCUT2D eigenvalue weighted by molar-refractivity contribution is 7.99. The molecule has 3 aromatic rings. The number of hydrogen-bond acceptors (Lipinski definition) is 4. The van der Waals surface area contributed by atoms with E-state index in [0.29, 0.717) is 17.2 Å². The van der Waals surface area contributed by atoms with Crippen molar-refractivity contribution in [2.24, 2.45) is 5.92 Å². The van der Waals surface area contributed by atoms with Gasteiger partial charge in [0.15, 0.2) is 17.6 Å². The molecule has 0 fully saturated rings. The highest BCUT2D eigenvalue weighted by atomic mass is 32.2. The predicted molar refractivity (Wildman–Crippen MR) is 117 cm³/mol. The molecule has 5 nitrogen and oxygen atoms in total. The Bertz CT molecular complexity index is 1140. The lowest BCUT2D eigenvalue weighted by Crippen LogP contribution is -2.41. The Hall–Kier alpha value is -2.64. The molecule has 14 heteroatoms. The molecule has 34 heavy (non-hydrogen) atoms. The summed E-state index contributed by atoms with van der Waals surface area (Å²) in [4.78, 5) is 4.82. The van der Waals surface area contributed by atoms with Crippen LogP contribution in [0.25, 0.3) is 17.0 Å². The van der Waals surface area contributed by atoms with Crippen molar-refractivity contribution in [3.8, 4) is 11.7 Å². The van der Waals surface area contributed by atoms with Crippen LogP contribution in [0.3, 0.4) is 0 Å². The van der Waals surface area contributed by atoms with Crippen molar-refractivity contribution in [1.29, 1.82) is 0 Å². The van der Waals surface area contributed by atoms with Gasteiger partial charge < -0.3 is 22.0 Å². The lowest BCUT2D eigenvalue weighted by molar-refractivity contribution is -0.612. The minimum Gasteiger partial charge on any atom is -0.484 e. The van der Waals surface area contributed by atoms with Gasteiger partial charge in [-0.15, -0.1) is 4.68 Å². The van der Waals surface area contributed by atoms with E-state index >= 15 is 0 Å². The van der Waals surface area contributed by atoms with Crippen molar-refractivity contribution in [2.75, 3.05) is 17.6 Å². The smallest absolute Gasteiger partial charge is 0.484 e. The normalized spacial score (nSPS) is 13.8. The van der Waals surface area contributed by atoms with E-state index in [4.69, 9.17) is 9.72 Å². The Kier molecular flexibility index (Phi) is 7.58. The summed E-state index contributed by atoms with van der Waals surface area (Å²) in [6, 6.07) is 9.49. The van der Waals surface area contributed by atoms with E-state index in [9.17, 15) is 30.4 Å². The van der Waals surface area contributed by atoms with Crippen molar-refractivity contribution in [3.05, 3.63) is 47.8 Å². The van der Waals surface area contributed by atoms with Gasteiger partial charge in [-0.1, -0.05) is 31.0 Å². The Balaban J connectivity index is 0.000000588. The van der Waals surface area contributed by atoms with Crippen LogP contribution in [-0.2, 0) is 5.75 Å². The molecular formula is C20H22BF7N4OS. The molecule has 0 atom stereocenters. The Morgan fingerprint density at radius 2 is 1.79 bits per heavy atom. The molecule has 0 bridgehead atoms. The van der Waals surface area contributed by atoms with Crippen molar-refractivity contribution < 1.29 is 39.7 Å². The number of imidazole rings is 1. The minimum atomic E-state index is -6.00. The van der Waals surface area contributed by atoms with Gasteiger partial charge in [-0.3, -0.25) is 0 Å². The Labute approximate surface area is 195 Å². The standard InChI is InChI=1S/C20H22F3N4OS.BF4/c1-13(2)10-26-27-16-7-5-4-6-15(16)24-19(27)25-9-8-18(28-12-20(21,22)23)14(3)17(25)11-29-26;2-1(3,4)5/h4-9,13H,10-12H2,1-3H3;/q+1;-1. The van der Waals surface area contributed by atoms with Gasteiger partial charge in [0.2, 0.25) is 0 Å². The molecule has 2 aromatic heterocycles. The summed E-state index contributed by atoms with van der Waals surface area (Å²) >= 11 is 1.62. The van der Waals surface area contributed by atoms with E-state index in [1.54, 1.807) is 31.1 Å². The van der Waals surface area contributed by atoms with Crippen LogP contribution in [-0.4, -0.2) is 36.2 Å². The van der Waals surface area contributed by atoms with Crippen molar-refractivity contribution >= 4 is 30.2 Å². The fourth-order valence-electron chi connectivity index (χ4n) is 3.38. The molecule has 0 spiro atoms. The van der Waals surface area contributed by atoms with Gasteiger partial charge in [0.1, 0.15) is 11.4 Å². The number of nitrogens with zero attached hydrogens (tertiary/aromatic N) is 4. The summed E-state index contributed by atoms with van der Waals surface area (Å²) in [6.45, 7) is 5.60. The number of rotatable bonds is 4. The molecule has 0 amide bonds. The average Bonchev–Trinajstić information content (AvgIpc) is 3.00. The lowest BCUT2D eigenvalue weighted by Gasteiger charge is -2.21. The summed E-state index contributed by atoms with van der Waals surface area (Å²) in [6.07, 6.45) is -2.63. The molecule has 0 saturated heterocycles. The van der Waals surface area contributed by atoms with Crippen LogP contribution in [0.1, 0.15) is 25.1 Å². The molecule has 3 heterocycles. The molecule has 0 saturated carbocycles. The summed E-state index contributed by atoms with van der Waals surface area (Å²) < 4.78 is 88.1. The Morgan fingerprint density at radius 3 is 2.41 bits per heavy atom. The van der Waals surface area contributed by atoms with Gasteiger partial charge in [0.25, 0.3) is 0 Å². The molecule has 1 aromatic carbocycles. The third-order valence-corrected chi connectivity index (χ3v) is 5.70. The fourth-order valence-corrected chi connectivity index (χ4v) is 4.68. The zero-order valence-electron chi connectivity index (χ0n) is 18.5. The maximum absolute atomic E-state index is 12.6. The van der Waals surface area contributed by atoms with Gasteiger partial charge in [0, 0.05) is 11.6 Å². The second kappa shape index (κ2) is 9.92. The first-order chi connectivity index (χ1) is 15.7. The maximum Gasteiger partial charge on any atom is 0.673 e. The lowest BCUT2D eigenvalue weighted by atomic mass is 10.2. The first-order valence-corrected chi connectivity index (χ1v) is 11.2. The molecular weight excluding hydrogens is 488 g/mol. The number of ether oxygens (including phenoxy) is 1. The number of fused-ring (bicyclic) bond motifs is 5. The quantitative estimate of drug-likeness (QED) is 0.198. The van der Waals surface area contributed by atoms with E-state index in [1.165, 1.54) is 0 Å². The topological polar surface area (TPSA) is 34.2 Å². The largest absolute Gasteiger partial charge is 0.673 e. The van der Waals surface area contributed by atoms with Gasteiger partial charge in [-0.2, -0.15) is 13.2 Å². The van der Waals surface area contributed by atoms with Gasteiger partial charge in [-0.05, 0) is 36.9 Å². The highest BCUT2D eigenvalue weighted by Gasteiger charge is 2.34. The van der Waals surface area contributed by atoms with Gasteiger partial charge in [0.05, 0.1) is 18.5 Å². The van der Waals surface area contributed by atoms with Crippen LogP contribution >= 0.6 is 11.9 Å². The first kappa shape index (κ1) is 26.0. The van der Waals surface area contributed by atoms with Crippen molar-refractivity contribution in [3.63, 3.8) is 0 Å². The molecule has 0 unspecified atom stereocenters. The van der Waals surface area contributed by atoms with Gasteiger partial charge in [-0.25, -0.2) is 8.98 Å². The molecule has 186 valence electrons. The van der Waals surface area contributed by atoms with Crippen molar-refractivity contribution in [2.45, 2.75) is 32.7 Å². The number of benzene rings is 1. The first-order valence-electron chi connectivity index (χ1n) is 10.2. The van der Waals surface area contributed by atoms with Crippen LogP contribution < -0.4 is 13.7 Å². The zero-order chi connectivity index (χ0) is 25.3. The SMILES string of the molecule is Cc1c(OCC(F)(F)F)cc[n+]2c1CSN(CC(C)C)n1c-2nc2ccccc21.F[B-](F)(F)F. The molecule has 0 N–H and O–H groups in total. The zero-order valence-corrected chi connectivity index (χ0v) is 19.3. The second-order valence-corrected chi connectivity index (χ2v) is 8.90. The van der Waals surface area contributed by atoms with Crippen LogP contribution in [0, 0.1) is 12.8 Å². The molecule has 1 aliphatic rings. The number of hydrogen-bond donors (Lipinski definition) is 0. The average molecular weight is 510 g/mol. The van der Waals surface area contributed by atoms with E-state index in [1.807, 2.05) is 28.8 Å². The molecule has 0 radical (unpaired) electrons. The number of halogens is 7. The van der Waals surface area contributed by atoms with E-state index < -0.39 is 20.0 Å². The monoisotopic (exact) mass is 510 g/mol. The number of alkyl halides is 3. The number of para-hydroxylation sites is 2. The van der Waals surface area contributed by atoms with E-state index in [2.05, 4.69) is 22.9 Å². The fraction of sp³-hybridized carbons (Fsp3) is 0.400. The summed E-state index contributed by atoms with van der Waals surface area (Å²) in [7, 11) is -6.00.